The Balaban J connectivity index is 4.29. The van der Waals surface area contributed by atoms with Crippen LogP contribution < -0.4 is 5.32 Å². The van der Waals surface area contributed by atoms with Crippen molar-refractivity contribution in [2.45, 2.75) is 58.8 Å². The van der Waals surface area contributed by atoms with Gasteiger partial charge in [0.1, 0.15) is 11.7 Å². The molecule has 6 nitrogen and oxygen atoms in total. The minimum absolute atomic E-state index is 0.00289. The van der Waals surface area contributed by atoms with E-state index in [0.717, 1.165) is 0 Å². The van der Waals surface area contributed by atoms with Crippen LogP contribution in [-0.2, 0) is 14.2 Å². The van der Waals surface area contributed by atoms with Gasteiger partial charge in [-0.15, -0.1) is 0 Å². The van der Waals surface area contributed by atoms with Gasteiger partial charge in [-0.1, -0.05) is 25.4 Å². The molecule has 1 amide bonds. The average Bonchev–Trinajstić information content (AvgIpc) is 2.19. The Morgan fingerprint density at radius 2 is 1.70 bits per heavy atom. The van der Waals surface area contributed by atoms with Gasteiger partial charge in [0.05, 0.1) is 6.54 Å². The van der Waals surface area contributed by atoms with Crippen molar-refractivity contribution in [3.05, 3.63) is 0 Å². The summed E-state index contributed by atoms with van der Waals surface area (Å²) in [6.07, 6.45) is -1.95. The van der Waals surface area contributed by atoms with E-state index < -0.39 is 29.5 Å². The van der Waals surface area contributed by atoms with Gasteiger partial charge in [-0.3, -0.25) is 0 Å². The van der Waals surface area contributed by atoms with Gasteiger partial charge in [0, 0.05) is 0 Å². The summed E-state index contributed by atoms with van der Waals surface area (Å²) in [7, 11) is 0. The molecule has 2 unspecified atom stereocenters. The van der Waals surface area contributed by atoms with Gasteiger partial charge in [0.25, 0.3) is 0 Å². The molecule has 0 bridgehead atoms. The molecule has 2 atom stereocenters. The molecule has 0 aromatic rings. The Hall–Kier alpha value is -1.17. The summed E-state index contributed by atoms with van der Waals surface area (Å²) in [5.74, 6) is 0.00289. The predicted octanol–water partition coefficient (Wildman–Crippen LogP) is 3.27. The molecule has 0 radical (unpaired) electrons. The number of alkyl halides is 1. The summed E-state index contributed by atoms with van der Waals surface area (Å²) < 4.78 is 14.9. The van der Waals surface area contributed by atoms with Gasteiger partial charge >= 0.3 is 12.2 Å². The summed E-state index contributed by atoms with van der Waals surface area (Å²) in [6.45, 7) is 10.7. The minimum atomic E-state index is -0.864. The zero-order valence-corrected chi connectivity index (χ0v) is 13.6. The lowest BCUT2D eigenvalue weighted by Gasteiger charge is -2.24. The van der Waals surface area contributed by atoms with Crippen LogP contribution >= 0.6 is 11.6 Å². The van der Waals surface area contributed by atoms with E-state index in [1.54, 1.807) is 20.8 Å². The number of carbonyl (C=O) groups is 2. The molecule has 0 aliphatic rings. The zero-order chi connectivity index (χ0) is 15.9. The maximum absolute atomic E-state index is 11.5. The molecule has 0 aromatic heterocycles. The number of carbonyl (C=O) groups excluding carboxylic acids is 2. The molecular weight excluding hydrogens is 286 g/mol. The fraction of sp³-hybridized carbons (Fsp3) is 0.846. The maximum atomic E-state index is 11.5. The smallest absolute Gasteiger partial charge is 0.444 e. The van der Waals surface area contributed by atoms with Gasteiger partial charge < -0.3 is 19.5 Å². The Morgan fingerprint density at radius 3 is 2.10 bits per heavy atom. The molecular formula is C13H24ClNO5. The number of nitrogens with one attached hydrogen (secondary N) is 1. The molecule has 0 spiro atoms. The highest BCUT2D eigenvalue weighted by molar-refractivity contribution is 6.19. The molecule has 0 aliphatic heterocycles. The van der Waals surface area contributed by atoms with Gasteiger partial charge in [-0.2, -0.15) is 0 Å². The van der Waals surface area contributed by atoms with Crippen molar-refractivity contribution in [1.29, 1.82) is 0 Å². The third-order valence-corrected chi connectivity index (χ3v) is 2.19. The lowest BCUT2D eigenvalue weighted by molar-refractivity contribution is 0.00115. The molecule has 0 heterocycles. The largest absolute Gasteiger partial charge is 0.510 e. The first kappa shape index (κ1) is 18.8. The Kier molecular flexibility index (Phi) is 7.71. The van der Waals surface area contributed by atoms with Crippen molar-refractivity contribution < 1.29 is 23.8 Å². The normalized spacial score (nSPS) is 14.4. The zero-order valence-electron chi connectivity index (χ0n) is 12.9. The fourth-order valence-corrected chi connectivity index (χ4v) is 1.27. The van der Waals surface area contributed by atoms with Crippen LogP contribution in [0.5, 0.6) is 0 Å². The standard InChI is InChI=1S/C13H24ClNO5/c1-8(2)10(19-12(17)18-9(3)14)7-15-11(16)20-13(4,5)6/h8-10H,7H2,1-6H3,(H,15,16). The van der Waals surface area contributed by atoms with Crippen molar-refractivity contribution >= 4 is 23.8 Å². The number of ether oxygens (including phenoxy) is 3. The van der Waals surface area contributed by atoms with E-state index >= 15 is 0 Å². The van der Waals surface area contributed by atoms with Crippen molar-refractivity contribution in [3.8, 4) is 0 Å². The average molecular weight is 310 g/mol. The van der Waals surface area contributed by atoms with Crippen LogP contribution in [0.3, 0.4) is 0 Å². The Morgan fingerprint density at radius 1 is 1.15 bits per heavy atom. The van der Waals surface area contributed by atoms with E-state index in [0.29, 0.717) is 0 Å². The van der Waals surface area contributed by atoms with Gasteiger partial charge in [0.15, 0.2) is 5.56 Å². The number of hydrogen-bond donors (Lipinski definition) is 1. The predicted molar refractivity (Wildman–Crippen MR) is 75.7 cm³/mol. The molecule has 0 aromatic carbocycles. The van der Waals surface area contributed by atoms with Crippen molar-refractivity contribution in [1.82, 2.24) is 5.32 Å². The number of halogens is 1. The lowest BCUT2D eigenvalue weighted by Crippen LogP contribution is -2.40. The van der Waals surface area contributed by atoms with Crippen LogP contribution in [-0.4, -0.2) is 36.1 Å². The van der Waals surface area contributed by atoms with E-state index in [4.69, 9.17) is 21.1 Å². The second kappa shape index (κ2) is 8.19. The SMILES string of the molecule is CC(Cl)OC(=O)OC(CNC(=O)OC(C)(C)C)C(C)C. The number of hydrogen-bond acceptors (Lipinski definition) is 5. The molecule has 0 rings (SSSR count). The first-order chi connectivity index (χ1) is 9.01. The monoisotopic (exact) mass is 309 g/mol. The van der Waals surface area contributed by atoms with Crippen LogP contribution in [0.2, 0.25) is 0 Å². The van der Waals surface area contributed by atoms with E-state index in [9.17, 15) is 9.59 Å². The Bertz CT molecular complexity index is 325. The molecule has 7 heteroatoms. The molecule has 118 valence electrons. The summed E-state index contributed by atoms with van der Waals surface area (Å²) in [4.78, 5) is 22.9. The highest BCUT2D eigenvalue weighted by Crippen LogP contribution is 2.10. The van der Waals surface area contributed by atoms with Crippen LogP contribution in [0.4, 0.5) is 9.59 Å². The first-order valence-corrected chi connectivity index (χ1v) is 6.93. The molecule has 0 fully saturated rings. The second-order valence-corrected chi connectivity index (χ2v) is 6.31. The lowest BCUT2D eigenvalue weighted by atomic mass is 10.1. The van der Waals surface area contributed by atoms with E-state index in [1.165, 1.54) is 6.92 Å². The summed E-state index contributed by atoms with van der Waals surface area (Å²) in [6, 6.07) is 0. The molecule has 0 aliphatic carbocycles. The maximum Gasteiger partial charge on any atom is 0.510 e. The summed E-state index contributed by atoms with van der Waals surface area (Å²) >= 11 is 5.52. The van der Waals surface area contributed by atoms with E-state index in [2.05, 4.69) is 10.1 Å². The van der Waals surface area contributed by atoms with Crippen LogP contribution in [0.1, 0.15) is 41.5 Å². The minimum Gasteiger partial charge on any atom is -0.444 e. The van der Waals surface area contributed by atoms with Gasteiger partial charge in [0.2, 0.25) is 0 Å². The third kappa shape index (κ3) is 9.72. The molecule has 0 saturated carbocycles. The highest BCUT2D eigenvalue weighted by atomic mass is 35.5. The van der Waals surface area contributed by atoms with Crippen molar-refractivity contribution in [2.75, 3.05) is 6.54 Å². The van der Waals surface area contributed by atoms with Gasteiger partial charge in [-0.25, -0.2) is 9.59 Å². The van der Waals surface area contributed by atoms with E-state index in [1.807, 2.05) is 13.8 Å². The van der Waals surface area contributed by atoms with Gasteiger partial charge in [-0.05, 0) is 33.6 Å². The Labute approximate surface area is 125 Å². The number of amides is 1. The molecule has 1 N–H and O–H groups in total. The summed E-state index contributed by atoms with van der Waals surface area (Å²) in [5.41, 5.74) is -1.35. The van der Waals surface area contributed by atoms with Crippen molar-refractivity contribution in [3.63, 3.8) is 0 Å². The van der Waals surface area contributed by atoms with Crippen LogP contribution in [0.15, 0.2) is 0 Å². The summed E-state index contributed by atoms with van der Waals surface area (Å²) in [5, 5.41) is 2.55. The fourth-order valence-electron chi connectivity index (χ4n) is 1.20. The van der Waals surface area contributed by atoms with E-state index in [-0.39, 0.29) is 12.5 Å². The second-order valence-electron chi connectivity index (χ2n) is 5.69. The number of rotatable bonds is 5. The first-order valence-electron chi connectivity index (χ1n) is 6.49. The van der Waals surface area contributed by atoms with Crippen LogP contribution in [0, 0.1) is 5.92 Å². The van der Waals surface area contributed by atoms with Crippen LogP contribution in [0.25, 0.3) is 0 Å². The topological polar surface area (TPSA) is 73.9 Å². The quantitative estimate of drug-likeness (QED) is 0.623. The molecule has 20 heavy (non-hydrogen) atoms. The van der Waals surface area contributed by atoms with Crippen molar-refractivity contribution in [2.24, 2.45) is 5.92 Å². The number of alkyl carbamates (subject to hydrolysis) is 1. The molecule has 0 saturated heterocycles. The third-order valence-electron chi connectivity index (χ3n) is 2.10. The highest BCUT2D eigenvalue weighted by Gasteiger charge is 2.23.